The summed E-state index contributed by atoms with van der Waals surface area (Å²) in [5, 5.41) is 0. The molecule has 2 amide bonds. The lowest BCUT2D eigenvalue weighted by molar-refractivity contribution is -0.178. The van der Waals surface area contributed by atoms with Gasteiger partial charge in [-0.05, 0) is 56.1 Å². The van der Waals surface area contributed by atoms with Crippen molar-refractivity contribution in [2.24, 2.45) is 17.8 Å². The van der Waals surface area contributed by atoms with Crippen LogP contribution < -0.4 is 0 Å². The summed E-state index contributed by atoms with van der Waals surface area (Å²) in [6, 6.07) is -0.190. The highest BCUT2D eigenvalue weighted by molar-refractivity contribution is 5.97. The summed E-state index contributed by atoms with van der Waals surface area (Å²) in [4.78, 5) is 30.3. The van der Waals surface area contributed by atoms with E-state index in [1.54, 1.807) is 17.1 Å². The fraction of sp³-hybridized carbons (Fsp3) is 0.571. The molecule has 5 aliphatic rings. The van der Waals surface area contributed by atoms with Gasteiger partial charge in [0.1, 0.15) is 17.4 Å². The summed E-state index contributed by atoms with van der Waals surface area (Å²) >= 11 is 0. The van der Waals surface area contributed by atoms with E-state index in [9.17, 15) is 18.4 Å². The van der Waals surface area contributed by atoms with E-state index in [0.717, 1.165) is 6.08 Å². The minimum absolute atomic E-state index is 0.0108. The molecule has 5 rings (SSSR count). The predicted molar refractivity (Wildman–Crippen MR) is 130 cm³/mol. The van der Waals surface area contributed by atoms with Crippen LogP contribution in [0, 0.1) is 17.8 Å². The molecule has 0 radical (unpaired) electrons. The molecular formula is C28H33F3N2O4. The van der Waals surface area contributed by atoms with Gasteiger partial charge in [0, 0.05) is 37.5 Å². The highest BCUT2D eigenvalue weighted by Crippen LogP contribution is 2.55. The summed E-state index contributed by atoms with van der Waals surface area (Å²) in [6.07, 6.45) is 10.1. The number of halogens is 3. The molecule has 6 nitrogen and oxygen atoms in total. The molecular weight excluding hydrogens is 485 g/mol. The highest BCUT2D eigenvalue weighted by Gasteiger charge is 2.57. The summed E-state index contributed by atoms with van der Waals surface area (Å²) < 4.78 is 54.7. The fourth-order valence-electron chi connectivity index (χ4n) is 6.64. The standard InChI is InChI=1S/C28H33F3N2O4/c1-3-28-10-8-23(21-16-20-19(21)14-17(29)15-22(20)30)33(28)25(34)9-11-32(12-13-37-28)27(35)18-6-4-5-7-24(36-2)26(18)31/h4,6-7,14-15,19-21,23H,3,5,8-13,16H2,1-2H3/t19?,20?,21?,23-,28+/m0/s1. The van der Waals surface area contributed by atoms with Gasteiger partial charge in [0.2, 0.25) is 5.91 Å². The molecule has 9 heteroatoms. The van der Waals surface area contributed by atoms with Crippen LogP contribution in [0.1, 0.15) is 45.4 Å². The molecule has 3 fully saturated rings. The molecule has 200 valence electrons. The minimum atomic E-state index is -0.824. The van der Waals surface area contributed by atoms with Crippen molar-refractivity contribution < 1.29 is 32.2 Å². The van der Waals surface area contributed by atoms with Crippen molar-refractivity contribution in [2.45, 2.75) is 57.2 Å². The summed E-state index contributed by atoms with van der Waals surface area (Å²) in [5.41, 5.74) is -0.932. The van der Waals surface area contributed by atoms with Gasteiger partial charge >= 0.3 is 0 Å². The Labute approximate surface area is 215 Å². The Balaban J connectivity index is 1.36. The van der Waals surface area contributed by atoms with E-state index >= 15 is 4.39 Å². The first-order valence-corrected chi connectivity index (χ1v) is 13.1. The SMILES string of the molecule is CC[C@@]12CC[C@@H](C3CC4C(F)=CC(F)=CC43)N1C(=O)CCN(C(=O)C1=C(F)C(OC)=CCC=C1)CCO2. The molecule has 0 aromatic heterocycles. The van der Waals surface area contributed by atoms with Crippen molar-refractivity contribution >= 4 is 11.8 Å². The van der Waals surface area contributed by atoms with Gasteiger partial charge in [-0.3, -0.25) is 9.59 Å². The Morgan fingerprint density at radius 1 is 1.27 bits per heavy atom. The number of allylic oxidation sites excluding steroid dienone is 7. The molecule has 0 N–H and O–H groups in total. The number of amides is 2. The summed E-state index contributed by atoms with van der Waals surface area (Å²) in [6.45, 7) is 2.47. The molecule has 0 aromatic rings. The minimum Gasteiger partial charge on any atom is -0.494 e. The van der Waals surface area contributed by atoms with Crippen LogP contribution >= 0.6 is 0 Å². The maximum absolute atomic E-state index is 15.0. The number of rotatable bonds is 4. The third-order valence-electron chi connectivity index (χ3n) is 8.63. The van der Waals surface area contributed by atoms with Crippen molar-refractivity contribution in [2.75, 3.05) is 26.8 Å². The van der Waals surface area contributed by atoms with E-state index in [4.69, 9.17) is 9.47 Å². The maximum atomic E-state index is 15.0. The second-order valence-corrected chi connectivity index (χ2v) is 10.4. The van der Waals surface area contributed by atoms with Crippen molar-refractivity contribution in [3.05, 3.63) is 59.2 Å². The molecule has 37 heavy (non-hydrogen) atoms. The van der Waals surface area contributed by atoms with Crippen LogP contribution in [0.4, 0.5) is 13.2 Å². The fourth-order valence-corrected chi connectivity index (χ4v) is 6.64. The lowest BCUT2D eigenvalue weighted by atomic mass is 9.59. The first-order valence-electron chi connectivity index (χ1n) is 13.1. The zero-order valence-corrected chi connectivity index (χ0v) is 21.2. The third-order valence-corrected chi connectivity index (χ3v) is 8.63. The van der Waals surface area contributed by atoms with Crippen LogP contribution in [0.2, 0.25) is 0 Å². The van der Waals surface area contributed by atoms with Gasteiger partial charge in [0.25, 0.3) is 5.91 Å². The molecule has 5 atom stereocenters. The Bertz CT molecular complexity index is 1130. The molecule has 2 heterocycles. The molecule has 3 aliphatic carbocycles. The Kier molecular flexibility index (Phi) is 7.09. The van der Waals surface area contributed by atoms with Gasteiger partial charge in [0.15, 0.2) is 11.6 Å². The van der Waals surface area contributed by atoms with E-state index in [2.05, 4.69) is 0 Å². The Morgan fingerprint density at radius 2 is 2.08 bits per heavy atom. The molecule has 2 aliphatic heterocycles. The zero-order chi connectivity index (χ0) is 26.3. The van der Waals surface area contributed by atoms with Gasteiger partial charge in [-0.2, -0.15) is 0 Å². The summed E-state index contributed by atoms with van der Waals surface area (Å²) in [5.74, 6) is -3.05. The molecule has 2 saturated heterocycles. The molecule has 0 bridgehead atoms. The lowest BCUT2D eigenvalue weighted by Gasteiger charge is -2.51. The molecule has 0 aromatic carbocycles. The average Bonchev–Trinajstić information content (AvgIpc) is 3.15. The number of carbonyl (C=O) groups excluding carboxylic acids is 2. The van der Waals surface area contributed by atoms with Crippen molar-refractivity contribution in [3.8, 4) is 0 Å². The quantitative estimate of drug-likeness (QED) is 0.525. The first kappa shape index (κ1) is 25.8. The van der Waals surface area contributed by atoms with Crippen molar-refractivity contribution in [3.63, 3.8) is 0 Å². The topological polar surface area (TPSA) is 59.1 Å². The Morgan fingerprint density at radius 3 is 2.84 bits per heavy atom. The van der Waals surface area contributed by atoms with Crippen molar-refractivity contribution in [1.82, 2.24) is 9.80 Å². The number of hydrogen-bond donors (Lipinski definition) is 0. The normalized spacial score (nSPS) is 34.2. The largest absolute Gasteiger partial charge is 0.494 e. The van der Waals surface area contributed by atoms with Crippen LogP contribution in [0.5, 0.6) is 0 Å². The number of nitrogens with zero attached hydrogens (tertiary/aromatic N) is 2. The number of ether oxygens (including phenoxy) is 2. The van der Waals surface area contributed by atoms with Crippen molar-refractivity contribution in [1.29, 1.82) is 0 Å². The van der Waals surface area contributed by atoms with Crippen LogP contribution in [0.3, 0.4) is 0 Å². The molecule has 1 saturated carbocycles. The van der Waals surface area contributed by atoms with Gasteiger partial charge in [0.05, 0.1) is 19.3 Å². The number of hydrogen-bond acceptors (Lipinski definition) is 4. The van der Waals surface area contributed by atoms with E-state index in [1.807, 2.05) is 6.92 Å². The first-order chi connectivity index (χ1) is 17.8. The van der Waals surface area contributed by atoms with Gasteiger partial charge in [-0.15, -0.1) is 0 Å². The number of carbonyl (C=O) groups is 2. The highest BCUT2D eigenvalue weighted by atomic mass is 19.1. The Hall–Kier alpha value is -2.81. The summed E-state index contributed by atoms with van der Waals surface area (Å²) in [7, 11) is 1.35. The van der Waals surface area contributed by atoms with E-state index in [-0.39, 0.29) is 67.2 Å². The monoisotopic (exact) mass is 518 g/mol. The number of methoxy groups -OCH3 is 1. The zero-order valence-electron chi connectivity index (χ0n) is 21.2. The van der Waals surface area contributed by atoms with Crippen LogP contribution in [-0.2, 0) is 19.1 Å². The van der Waals surface area contributed by atoms with E-state index in [0.29, 0.717) is 32.1 Å². The van der Waals surface area contributed by atoms with Crippen LogP contribution in [-0.4, -0.2) is 60.2 Å². The smallest absolute Gasteiger partial charge is 0.257 e. The van der Waals surface area contributed by atoms with E-state index < -0.39 is 29.1 Å². The number of fused-ring (bicyclic) bond motifs is 2. The lowest BCUT2D eigenvalue weighted by Crippen LogP contribution is -2.57. The van der Waals surface area contributed by atoms with Crippen LogP contribution in [0.15, 0.2) is 59.2 Å². The maximum Gasteiger partial charge on any atom is 0.257 e. The molecule has 3 unspecified atom stereocenters. The van der Waals surface area contributed by atoms with Crippen LogP contribution in [0.25, 0.3) is 0 Å². The average molecular weight is 519 g/mol. The molecule has 0 spiro atoms. The van der Waals surface area contributed by atoms with Gasteiger partial charge in [-0.1, -0.05) is 19.1 Å². The third kappa shape index (κ3) is 4.45. The predicted octanol–water partition coefficient (Wildman–Crippen LogP) is 5.02. The van der Waals surface area contributed by atoms with Gasteiger partial charge in [-0.25, -0.2) is 13.2 Å². The second kappa shape index (κ2) is 10.2. The second-order valence-electron chi connectivity index (χ2n) is 10.4. The van der Waals surface area contributed by atoms with Gasteiger partial charge < -0.3 is 19.3 Å². The van der Waals surface area contributed by atoms with E-state index in [1.165, 1.54) is 24.2 Å².